The van der Waals surface area contributed by atoms with Crippen LogP contribution in [-0.4, -0.2) is 17.7 Å². The van der Waals surface area contributed by atoms with Crippen LogP contribution in [0.2, 0.25) is 0 Å². The number of carbonyl (C=O) groups excluding carboxylic acids is 2. The second kappa shape index (κ2) is 6.73. The molecule has 1 aromatic rings. The van der Waals surface area contributed by atoms with E-state index >= 15 is 0 Å². The summed E-state index contributed by atoms with van der Waals surface area (Å²) in [6.45, 7) is 0. The fraction of sp³-hybridized carbons (Fsp3) is 0.294. The van der Waals surface area contributed by atoms with Gasteiger partial charge >= 0.3 is 6.18 Å². The highest BCUT2D eigenvalue weighted by molar-refractivity contribution is 6.12. The number of hydrogen-bond acceptors (Lipinski definition) is 2. The molecule has 2 nitrogen and oxygen atoms in total. The number of rotatable bonds is 3. The third kappa shape index (κ3) is 3.93. The van der Waals surface area contributed by atoms with Gasteiger partial charge in [-0.1, -0.05) is 48.6 Å². The molecule has 0 heterocycles. The number of ketones is 2. The lowest BCUT2D eigenvalue weighted by Crippen LogP contribution is -2.37. The van der Waals surface area contributed by atoms with Crippen molar-refractivity contribution in [2.75, 3.05) is 0 Å². The number of allylic oxidation sites excluding steroid dienone is 3. The largest absolute Gasteiger partial charge is 0.450 e. The van der Waals surface area contributed by atoms with Crippen molar-refractivity contribution in [2.45, 2.75) is 25.4 Å². The number of halogens is 3. The lowest BCUT2D eigenvalue weighted by Gasteiger charge is -2.22. The van der Waals surface area contributed by atoms with E-state index in [1.54, 1.807) is 12.2 Å². The number of hydrogen-bond donors (Lipinski definition) is 0. The molecular formula is C17H15F3O2. The van der Waals surface area contributed by atoms with Crippen molar-refractivity contribution in [2.24, 2.45) is 5.92 Å². The molecule has 5 heteroatoms. The topological polar surface area (TPSA) is 34.1 Å². The molecule has 0 bridgehead atoms. The Kier molecular flexibility index (Phi) is 4.96. The van der Waals surface area contributed by atoms with E-state index in [0.29, 0.717) is 12.8 Å². The first-order chi connectivity index (χ1) is 10.4. The fourth-order valence-electron chi connectivity index (χ4n) is 2.43. The molecule has 0 unspecified atom stereocenters. The Labute approximate surface area is 126 Å². The van der Waals surface area contributed by atoms with Crippen LogP contribution in [0.4, 0.5) is 13.2 Å². The van der Waals surface area contributed by atoms with Crippen molar-refractivity contribution >= 4 is 17.6 Å². The molecule has 1 aromatic carbocycles. The summed E-state index contributed by atoms with van der Waals surface area (Å²) in [6.07, 6.45) is 0.714. The lowest BCUT2D eigenvalue weighted by atomic mass is 9.81. The normalized spacial score (nSPS) is 21.5. The monoisotopic (exact) mass is 308 g/mol. The van der Waals surface area contributed by atoms with E-state index in [1.807, 2.05) is 30.3 Å². The second-order valence-electron chi connectivity index (χ2n) is 5.13. The summed E-state index contributed by atoms with van der Waals surface area (Å²) in [6, 6.07) is 9.32. The SMILES string of the molecule is O=C1/C(=C/C=C/c2ccccc2)CCC[C@@H]1C(=O)C(F)(F)F. The highest BCUT2D eigenvalue weighted by Crippen LogP contribution is 2.31. The molecule has 1 aliphatic rings. The summed E-state index contributed by atoms with van der Waals surface area (Å²) < 4.78 is 37.4. The maximum atomic E-state index is 12.5. The van der Waals surface area contributed by atoms with Gasteiger partial charge in [0.05, 0.1) is 5.92 Å². The maximum absolute atomic E-state index is 12.5. The summed E-state index contributed by atoms with van der Waals surface area (Å²) in [5, 5.41) is 0. The molecule has 1 atom stereocenters. The Morgan fingerprint density at radius 2 is 1.86 bits per heavy atom. The van der Waals surface area contributed by atoms with Crippen LogP contribution in [-0.2, 0) is 9.59 Å². The summed E-state index contributed by atoms with van der Waals surface area (Å²) >= 11 is 0. The molecule has 116 valence electrons. The summed E-state index contributed by atoms with van der Waals surface area (Å²) in [5.41, 5.74) is 1.20. The first kappa shape index (κ1) is 16.2. The van der Waals surface area contributed by atoms with Crippen LogP contribution in [0.5, 0.6) is 0 Å². The molecule has 0 saturated heterocycles. The van der Waals surface area contributed by atoms with Gasteiger partial charge in [-0.3, -0.25) is 9.59 Å². The van der Waals surface area contributed by atoms with Gasteiger partial charge in [0.25, 0.3) is 0 Å². The van der Waals surface area contributed by atoms with Gasteiger partial charge in [0.15, 0.2) is 5.78 Å². The minimum Gasteiger partial charge on any atom is -0.294 e. The van der Waals surface area contributed by atoms with E-state index < -0.39 is 23.7 Å². The van der Waals surface area contributed by atoms with Gasteiger partial charge in [-0.15, -0.1) is 0 Å². The quantitative estimate of drug-likeness (QED) is 0.621. The number of alkyl halides is 3. The number of carbonyl (C=O) groups is 2. The van der Waals surface area contributed by atoms with E-state index in [4.69, 9.17) is 0 Å². The van der Waals surface area contributed by atoms with E-state index in [1.165, 1.54) is 6.08 Å². The summed E-state index contributed by atoms with van der Waals surface area (Å²) in [5.74, 6) is -4.22. The third-order valence-electron chi connectivity index (χ3n) is 3.55. The zero-order chi connectivity index (χ0) is 16.2. The van der Waals surface area contributed by atoms with Crippen molar-refractivity contribution in [1.82, 2.24) is 0 Å². The first-order valence-corrected chi connectivity index (χ1v) is 6.97. The van der Waals surface area contributed by atoms with Crippen molar-refractivity contribution in [3.63, 3.8) is 0 Å². The Bertz CT molecular complexity index is 613. The van der Waals surface area contributed by atoms with Gasteiger partial charge in [0, 0.05) is 0 Å². The van der Waals surface area contributed by atoms with Crippen molar-refractivity contribution in [3.8, 4) is 0 Å². The van der Waals surface area contributed by atoms with Crippen LogP contribution >= 0.6 is 0 Å². The minimum atomic E-state index is -4.96. The molecule has 0 N–H and O–H groups in total. The standard InChI is InChI=1S/C17H15F3O2/c18-17(19,20)16(22)14-11-5-10-13(15(14)21)9-4-8-12-6-2-1-3-7-12/h1-4,6-9,14H,5,10-11H2/b8-4+,13-9+/t14-/m0/s1. The van der Waals surface area contributed by atoms with Gasteiger partial charge in [-0.2, -0.15) is 13.2 Å². The zero-order valence-corrected chi connectivity index (χ0v) is 11.8. The summed E-state index contributed by atoms with van der Waals surface area (Å²) in [4.78, 5) is 23.3. The zero-order valence-electron chi connectivity index (χ0n) is 11.8. The molecule has 0 amide bonds. The Morgan fingerprint density at radius 1 is 1.18 bits per heavy atom. The van der Waals surface area contributed by atoms with E-state index in [-0.39, 0.29) is 12.0 Å². The highest BCUT2D eigenvalue weighted by atomic mass is 19.4. The molecule has 1 saturated carbocycles. The third-order valence-corrected chi connectivity index (χ3v) is 3.55. The van der Waals surface area contributed by atoms with Gasteiger partial charge in [0.2, 0.25) is 5.78 Å². The molecular weight excluding hydrogens is 293 g/mol. The molecule has 0 aliphatic heterocycles. The molecule has 0 aromatic heterocycles. The van der Waals surface area contributed by atoms with Crippen molar-refractivity contribution in [1.29, 1.82) is 0 Å². The first-order valence-electron chi connectivity index (χ1n) is 6.97. The maximum Gasteiger partial charge on any atom is 0.450 e. The predicted octanol–water partition coefficient (Wildman–Crippen LogP) is 4.13. The molecule has 0 radical (unpaired) electrons. The summed E-state index contributed by atoms with van der Waals surface area (Å²) in [7, 11) is 0. The average molecular weight is 308 g/mol. The second-order valence-corrected chi connectivity index (χ2v) is 5.13. The fourth-order valence-corrected chi connectivity index (χ4v) is 2.43. The van der Waals surface area contributed by atoms with Crippen LogP contribution in [0.25, 0.3) is 6.08 Å². The number of Topliss-reactive ketones (excluding diaryl/α,β-unsaturated/α-hetero) is 2. The molecule has 1 aliphatic carbocycles. The van der Waals surface area contributed by atoms with Crippen LogP contribution < -0.4 is 0 Å². The van der Waals surface area contributed by atoms with Gasteiger partial charge in [-0.25, -0.2) is 0 Å². The number of benzene rings is 1. The van der Waals surface area contributed by atoms with Crippen LogP contribution in [0.3, 0.4) is 0 Å². The minimum absolute atomic E-state index is 0.0308. The van der Waals surface area contributed by atoms with Crippen molar-refractivity contribution < 1.29 is 22.8 Å². The Morgan fingerprint density at radius 3 is 2.50 bits per heavy atom. The molecule has 0 spiro atoms. The van der Waals surface area contributed by atoms with Gasteiger partial charge < -0.3 is 0 Å². The van der Waals surface area contributed by atoms with E-state index in [2.05, 4.69) is 0 Å². The predicted molar refractivity (Wildman–Crippen MR) is 77.0 cm³/mol. The highest BCUT2D eigenvalue weighted by Gasteiger charge is 2.47. The lowest BCUT2D eigenvalue weighted by molar-refractivity contribution is -0.177. The van der Waals surface area contributed by atoms with Crippen LogP contribution in [0, 0.1) is 5.92 Å². The molecule has 2 rings (SSSR count). The van der Waals surface area contributed by atoms with Gasteiger partial charge in [-0.05, 0) is 30.4 Å². The molecule has 22 heavy (non-hydrogen) atoms. The smallest absolute Gasteiger partial charge is 0.294 e. The van der Waals surface area contributed by atoms with Crippen molar-refractivity contribution in [3.05, 3.63) is 53.6 Å². The Hall–Kier alpha value is -2.17. The Balaban J connectivity index is 2.11. The van der Waals surface area contributed by atoms with E-state index in [0.717, 1.165) is 5.56 Å². The average Bonchev–Trinajstić information content (AvgIpc) is 2.48. The van der Waals surface area contributed by atoms with Gasteiger partial charge in [0.1, 0.15) is 0 Å². The van der Waals surface area contributed by atoms with Crippen LogP contribution in [0.15, 0.2) is 48.1 Å². The van der Waals surface area contributed by atoms with Crippen LogP contribution in [0.1, 0.15) is 24.8 Å². The van der Waals surface area contributed by atoms with E-state index in [9.17, 15) is 22.8 Å². The molecule has 1 fully saturated rings.